The summed E-state index contributed by atoms with van der Waals surface area (Å²) in [5, 5.41) is 0. The van der Waals surface area contributed by atoms with Crippen LogP contribution in [0.25, 0.3) is 0 Å². The Morgan fingerprint density at radius 2 is 1.56 bits per heavy atom. The maximum Gasteiger partial charge on any atom is 0.257 e. The van der Waals surface area contributed by atoms with Gasteiger partial charge in [0.15, 0.2) is 11.6 Å². The highest BCUT2D eigenvalue weighted by Gasteiger charge is 2.54. The molecular formula is C17H20F2N2O3S. The van der Waals surface area contributed by atoms with Gasteiger partial charge in [-0.05, 0) is 74.5 Å². The molecule has 5 nitrogen and oxygen atoms in total. The molecule has 0 aromatic heterocycles. The van der Waals surface area contributed by atoms with Gasteiger partial charge in [-0.3, -0.25) is 10.2 Å². The fraction of sp³-hybridized carbons (Fsp3) is 0.588. The van der Waals surface area contributed by atoms with Crippen molar-refractivity contribution in [3.05, 3.63) is 29.8 Å². The maximum atomic E-state index is 13.3. The second-order valence-electron chi connectivity index (χ2n) is 7.83. The van der Waals surface area contributed by atoms with Crippen LogP contribution in [-0.2, 0) is 14.8 Å². The largest absolute Gasteiger partial charge is 0.277 e. The van der Waals surface area contributed by atoms with Crippen molar-refractivity contribution in [3.63, 3.8) is 0 Å². The maximum absolute atomic E-state index is 13.3. The second kappa shape index (κ2) is 5.74. The number of carbonyl (C=O) groups is 1. The van der Waals surface area contributed by atoms with E-state index >= 15 is 0 Å². The molecule has 1 aromatic carbocycles. The molecule has 4 bridgehead atoms. The van der Waals surface area contributed by atoms with Gasteiger partial charge in [0, 0.05) is 0 Å². The summed E-state index contributed by atoms with van der Waals surface area (Å²) in [5.41, 5.74) is 1.82. The Morgan fingerprint density at radius 3 is 2.08 bits per heavy atom. The molecule has 5 rings (SSSR count). The fourth-order valence-corrected chi connectivity index (χ4v) is 6.19. The van der Waals surface area contributed by atoms with Gasteiger partial charge in [-0.25, -0.2) is 17.2 Å². The summed E-state index contributed by atoms with van der Waals surface area (Å²) in [5.74, 6) is -1.02. The summed E-state index contributed by atoms with van der Waals surface area (Å²) in [4.78, 5) is 14.3. The fourth-order valence-electron chi connectivity index (χ4n) is 5.34. The van der Waals surface area contributed by atoms with Gasteiger partial charge < -0.3 is 0 Å². The molecule has 0 radical (unpaired) electrons. The van der Waals surface area contributed by atoms with Gasteiger partial charge in [0.25, 0.3) is 10.0 Å². The van der Waals surface area contributed by atoms with Crippen LogP contribution >= 0.6 is 0 Å². The summed E-state index contributed by atoms with van der Waals surface area (Å²) < 4.78 is 50.6. The van der Waals surface area contributed by atoms with Crippen molar-refractivity contribution in [2.24, 2.45) is 23.2 Å². The van der Waals surface area contributed by atoms with E-state index in [1.165, 1.54) is 19.3 Å². The Bertz CT molecular complexity index is 790. The topological polar surface area (TPSA) is 75.3 Å². The molecule has 1 aromatic rings. The molecule has 0 atom stereocenters. The first-order valence-corrected chi connectivity index (χ1v) is 10.0. The van der Waals surface area contributed by atoms with E-state index in [4.69, 9.17) is 0 Å². The lowest BCUT2D eigenvalue weighted by atomic mass is 9.49. The van der Waals surface area contributed by atoms with Gasteiger partial charge in [0.1, 0.15) is 0 Å². The molecule has 0 aliphatic heterocycles. The van der Waals surface area contributed by atoms with E-state index in [9.17, 15) is 22.0 Å². The predicted octanol–water partition coefficient (Wildman–Crippen LogP) is 2.49. The van der Waals surface area contributed by atoms with Gasteiger partial charge in [-0.1, -0.05) is 0 Å². The zero-order valence-electron chi connectivity index (χ0n) is 13.6. The van der Waals surface area contributed by atoms with Crippen LogP contribution in [0.4, 0.5) is 8.78 Å². The molecule has 8 heteroatoms. The van der Waals surface area contributed by atoms with Crippen molar-refractivity contribution in [1.82, 2.24) is 10.3 Å². The third-order valence-electron chi connectivity index (χ3n) is 6.02. The minimum atomic E-state index is -4.15. The number of rotatable bonds is 4. The van der Waals surface area contributed by atoms with E-state index in [2.05, 4.69) is 5.43 Å². The lowest BCUT2D eigenvalue weighted by Gasteiger charge is -2.55. The number of hydrogen-bond acceptors (Lipinski definition) is 3. The molecule has 25 heavy (non-hydrogen) atoms. The van der Waals surface area contributed by atoms with Crippen LogP contribution < -0.4 is 10.3 Å². The molecular weight excluding hydrogens is 350 g/mol. The normalized spacial score (nSPS) is 33.4. The Morgan fingerprint density at radius 1 is 1.00 bits per heavy atom. The minimum Gasteiger partial charge on any atom is -0.277 e. The van der Waals surface area contributed by atoms with Crippen LogP contribution in [0.15, 0.2) is 23.1 Å². The van der Waals surface area contributed by atoms with E-state index in [-0.39, 0.29) is 5.91 Å². The highest BCUT2D eigenvalue weighted by Crippen LogP contribution is 2.60. The lowest BCUT2D eigenvalue weighted by molar-refractivity contribution is -0.146. The Kier molecular flexibility index (Phi) is 3.88. The number of benzene rings is 1. The van der Waals surface area contributed by atoms with Gasteiger partial charge in [0.2, 0.25) is 5.91 Å². The van der Waals surface area contributed by atoms with Crippen LogP contribution in [0.5, 0.6) is 0 Å². The summed E-state index contributed by atoms with van der Waals surface area (Å²) in [6.45, 7) is 0. The zero-order chi connectivity index (χ0) is 17.8. The molecule has 4 aliphatic carbocycles. The average molecular weight is 370 g/mol. The van der Waals surface area contributed by atoms with Crippen molar-refractivity contribution in [2.75, 3.05) is 0 Å². The second-order valence-corrected chi connectivity index (χ2v) is 9.52. The molecule has 136 valence electrons. The molecule has 0 heterocycles. The number of halogens is 2. The SMILES string of the molecule is O=C(NNS(=O)(=O)c1ccc(F)c(F)c1)C12CC3CC(CC(C3)C1)C2. The Hall–Kier alpha value is -1.54. The van der Waals surface area contributed by atoms with E-state index in [0.29, 0.717) is 23.8 Å². The van der Waals surface area contributed by atoms with Crippen LogP contribution in [0, 0.1) is 34.8 Å². The number of hydrogen-bond donors (Lipinski definition) is 2. The smallest absolute Gasteiger partial charge is 0.257 e. The molecule has 2 N–H and O–H groups in total. The summed E-state index contributed by atoms with van der Waals surface area (Å²) in [6, 6.07) is 2.29. The van der Waals surface area contributed by atoms with E-state index < -0.39 is 32.0 Å². The molecule has 0 saturated heterocycles. The summed E-state index contributed by atoms with van der Waals surface area (Å²) >= 11 is 0. The number of hydrazine groups is 1. The third-order valence-corrected chi connectivity index (χ3v) is 7.27. The monoisotopic (exact) mass is 370 g/mol. The van der Waals surface area contributed by atoms with E-state index in [1.807, 2.05) is 4.83 Å². The molecule has 4 aliphatic rings. The standard InChI is InChI=1S/C17H20F2N2O3S/c18-14-2-1-13(6-15(14)19)25(23,24)21-20-16(22)17-7-10-3-11(8-17)5-12(4-10)9-17/h1-2,6,10-12,21H,3-5,7-9H2,(H,20,22). The molecule has 4 fully saturated rings. The quantitative estimate of drug-likeness (QED) is 0.800. The molecule has 0 unspecified atom stereocenters. The summed E-state index contributed by atoms with van der Waals surface area (Å²) in [6.07, 6.45) is 5.93. The predicted molar refractivity (Wildman–Crippen MR) is 85.4 cm³/mol. The molecule has 0 spiro atoms. The first-order chi connectivity index (χ1) is 11.8. The number of amides is 1. The highest BCUT2D eigenvalue weighted by molar-refractivity contribution is 7.89. The molecule has 4 saturated carbocycles. The minimum absolute atomic E-state index is 0.308. The first kappa shape index (κ1) is 16.9. The van der Waals surface area contributed by atoms with E-state index in [0.717, 1.165) is 31.4 Å². The lowest BCUT2D eigenvalue weighted by Crippen LogP contribution is -2.56. The van der Waals surface area contributed by atoms with Crippen molar-refractivity contribution < 1.29 is 22.0 Å². The van der Waals surface area contributed by atoms with Crippen LogP contribution in [-0.4, -0.2) is 14.3 Å². The Labute approximate surface area is 145 Å². The van der Waals surface area contributed by atoms with Crippen molar-refractivity contribution in [3.8, 4) is 0 Å². The van der Waals surface area contributed by atoms with Crippen LogP contribution in [0.1, 0.15) is 38.5 Å². The Balaban J connectivity index is 1.47. The number of carbonyl (C=O) groups excluding carboxylic acids is 1. The van der Waals surface area contributed by atoms with Crippen molar-refractivity contribution in [2.45, 2.75) is 43.4 Å². The number of sulfonamides is 1. The van der Waals surface area contributed by atoms with Crippen molar-refractivity contribution >= 4 is 15.9 Å². The van der Waals surface area contributed by atoms with Gasteiger partial charge in [0.05, 0.1) is 10.3 Å². The first-order valence-electron chi connectivity index (χ1n) is 8.55. The molecule has 1 amide bonds. The van der Waals surface area contributed by atoms with Crippen LogP contribution in [0.2, 0.25) is 0 Å². The van der Waals surface area contributed by atoms with Gasteiger partial charge >= 0.3 is 0 Å². The van der Waals surface area contributed by atoms with Gasteiger partial charge in [-0.15, -0.1) is 4.83 Å². The highest BCUT2D eigenvalue weighted by atomic mass is 32.2. The number of nitrogens with one attached hydrogen (secondary N) is 2. The third kappa shape index (κ3) is 2.95. The zero-order valence-corrected chi connectivity index (χ0v) is 14.4. The van der Waals surface area contributed by atoms with E-state index in [1.54, 1.807) is 0 Å². The van der Waals surface area contributed by atoms with Crippen LogP contribution in [0.3, 0.4) is 0 Å². The van der Waals surface area contributed by atoms with Gasteiger partial charge in [-0.2, -0.15) is 0 Å². The van der Waals surface area contributed by atoms with Crippen molar-refractivity contribution in [1.29, 1.82) is 0 Å². The average Bonchev–Trinajstić information content (AvgIpc) is 2.54. The summed E-state index contributed by atoms with van der Waals surface area (Å²) in [7, 11) is -4.15.